The van der Waals surface area contributed by atoms with E-state index in [1.54, 1.807) is 19.1 Å². The lowest BCUT2D eigenvalue weighted by atomic mass is 10.1. The molecule has 0 fully saturated rings. The van der Waals surface area contributed by atoms with Gasteiger partial charge in [-0.2, -0.15) is 13.2 Å². The third kappa shape index (κ3) is 3.51. The van der Waals surface area contributed by atoms with Crippen molar-refractivity contribution < 1.29 is 22.5 Å². The largest absolute Gasteiger partial charge is 0.417 e. The zero-order valence-electron chi connectivity index (χ0n) is 14.7. The number of nitrogens with two attached hydrogens (primary N) is 1. The topological polar surface area (TPSA) is 107 Å². The number of amides is 1. The van der Waals surface area contributed by atoms with Crippen LogP contribution in [0.4, 0.5) is 24.7 Å². The number of hydrogen-bond acceptors (Lipinski definition) is 7. The van der Waals surface area contributed by atoms with Crippen molar-refractivity contribution in [1.29, 1.82) is 0 Å². The number of rotatable bonds is 3. The number of alkyl halides is 3. The molecule has 7 nitrogen and oxygen atoms in total. The van der Waals surface area contributed by atoms with Gasteiger partial charge in [0.25, 0.3) is 5.91 Å². The Morgan fingerprint density at radius 2 is 2.10 bits per heavy atom. The van der Waals surface area contributed by atoms with Crippen LogP contribution in [0.5, 0.6) is 0 Å². The molecule has 4 rings (SSSR count). The number of hydrogen-bond donors (Lipinski definition) is 2. The molecule has 0 aliphatic heterocycles. The van der Waals surface area contributed by atoms with Crippen molar-refractivity contribution in [2.45, 2.75) is 13.1 Å². The molecular formula is C18H12F3N5O2S. The summed E-state index contributed by atoms with van der Waals surface area (Å²) in [7, 11) is 0. The van der Waals surface area contributed by atoms with E-state index in [9.17, 15) is 18.0 Å². The highest BCUT2D eigenvalue weighted by molar-refractivity contribution is 7.21. The summed E-state index contributed by atoms with van der Waals surface area (Å²) in [5.41, 5.74) is 5.18. The third-order valence-electron chi connectivity index (χ3n) is 4.04. The van der Waals surface area contributed by atoms with Gasteiger partial charge in [-0.05, 0) is 25.1 Å². The highest BCUT2D eigenvalue weighted by Gasteiger charge is 2.36. The fourth-order valence-corrected chi connectivity index (χ4v) is 3.79. The SMILES string of the molecule is Cc1cc(NC(=O)c2sc3nc(-c4cccnc4)cc(C(F)(F)F)c3c2N)no1. The zero-order chi connectivity index (χ0) is 20.8. The molecule has 4 aromatic rings. The summed E-state index contributed by atoms with van der Waals surface area (Å²) in [4.78, 5) is 20.6. The number of halogens is 3. The molecule has 0 saturated carbocycles. The minimum Gasteiger partial charge on any atom is -0.397 e. The van der Waals surface area contributed by atoms with Crippen LogP contribution < -0.4 is 11.1 Å². The maximum atomic E-state index is 13.7. The van der Waals surface area contributed by atoms with Crippen LogP contribution in [0.3, 0.4) is 0 Å². The minimum atomic E-state index is -4.69. The van der Waals surface area contributed by atoms with Crippen LogP contribution in [0.1, 0.15) is 21.0 Å². The lowest BCUT2D eigenvalue weighted by Crippen LogP contribution is -2.12. The Bertz CT molecular complexity index is 1220. The molecule has 11 heteroatoms. The number of nitrogens with one attached hydrogen (secondary N) is 1. The summed E-state index contributed by atoms with van der Waals surface area (Å²) in [6, 6.07) is 5.57. The summed E-state index contributed by atoms with van der Waals surface area (Å²) < 4.78 is 46.1. The lowest BCUT2D eigenvalue weighted by molar-refractivity contribution is -0.136. The first-order chi connectivity index (χ1) is 13.7. The fourth-order valence-electron chi connectivity index (χ4n) is 2.77. The van der Waals surface area contributed by atoms with Gasteiger partial charge >= 0.3 is 6.18 Å². The molecule has 0 atom stereocenters. The molecule has 0 aliphatic rings. The predicted octanol–water partition coefficient (Wildman–Crippen LogP) is 4.51. The van der Waals surface area contributed by atoms with Crippen LogP contribution in [0.2, 0.25) is 0 Å². The summed E-state index contributed by atoms with van der Waals surface area (Å²) in [5.74, 6) is -0.106. The molecule has 148 valence electrons. The second-order valence-corrected chi connectivity index (χ2v) is 7.10. The molecule has 0 aliphatic carbocycles. The van der Waals surface area contributed by atoms with Crippen LogP contribution >= 0.6 is 11.3 Å². The average molecular weight is 419 g/mol. The van der Waals surface area contributed by atoms with Gasteiger partial charge in [0.15, 0.2) is 5.82 Å². The Kier molecular flexibility index (Phi) is 4.46. The van der Waals surface area contributed by atoms with Crippen LogP contribution in [0.15, 0.2) is 41.2 Å². The van der Waals surface area contributed by atoms with E-state index in [-0.39, 0.29) is 32.3 Å². The number of carbonyl (C=O) groups is 1. The van der Waals surface area contributed by atoms with E-state index in [1.165, 1.54) is 18.5 Å². The van der Waals surface area contributed by atoms with E-state index in [1.807, 2.05) is 0 Å². The summed E-state index contributed by atoms with van der Waals surface area (Å²) in [5, 5.41) is 5.77. The van der Waals surface area contributed by atoms with E-state index in [4.69, 9.17) is 10.3 Å². The molecule has 29 heavy (non-hydrogen) atoms. The fraction of sp³-hybridized carbons (Fsp3) is 0.111. The number of aromatic nitrogens is 3. The molecule has 0 radical (unpaired) electrons. The molecule has 1 amide bonds. The van der Waals surface area contributed by atoms with Gasteiger partial charge in [0.2, 0.25) is 0 Å². The summed E-state index contributed by atoms with van der Waals surface area (Å²) in [6.07, 6.45) is -1.78. The van der Waals surface area contributed by atoms with Gasteiger partial charge in [-0.1, -0.05) is 5.16 Å². The molecule has 0 saturated heterocycles. The van der Waals surface area contributed by atoms with E-state index < -0.39 is 17.6 Å². The lowest BCUT2D eigenvalue weighted by Gasteiger charge is -2.11. The molecule has 3 N–H and O–H groups in total. The zero-order valence-corrected chi connectivity index (χ0v) is 15.6. The first kappa shape index (κ1) is 18.9. The Labute approximate surface area is 165 Å². The van der Waals surface area contributed by atoms with Crippen molar-refractivity contribution >= 4 is 39.0 Å². The summed E-state index contributed by atoms with van der Waals surface area (Å²) in [6.45, 7) is 1.63. The van der Waals surface area contributed by atoms with Crippen LogP contribution in [0, 0.1) is 6.92 Å². The van der Waals surface area contributed by atoms with Crippen molar-refractivity contribution in [1.82, 2.24) is 15.1 Å². The number of carbonyl (C=O) groups excluding carboxylic acids is 1. The molecular weight excluding hydrogens is 407 g/mol. The quantitative estimate of drug-likeness (QED) is 0.506. The van der Waals surface area contributed by atoms with Crippen LogP contribution in [0.25, 0.3) is 21.5 Å². The monoisotopic (exact) mass is 419 g/mol. The van der Waals surface area contributed by atoms with Crippen molar-refractivity contribution in [2.24, 2.45) is 0 Å². The normalized spacial score (nSPS) is 11.7. The van der Waals surface area contributed by atoms with E-state index in [0.717, 1.165) is 17.4 Å². The predicted molar refractivity (Wildman–Crippen MR) is 101 cm³/mol. The number of fused-ring (bicyclic) bond motifs is 1. The smallest absolute Gasteiger partial charge is 0.397 e. The van der Waals surface area contributed by atoms with Gasteiger partial charge in [0.1, 0.15) is 15.5 Å². The van der Waals surface area contributed by atoms with Crippen molar-refractivity contribution in [3.8, 4) is 11.3 Å². The molecule has 4 heterocycles. The second-order valence-electron chi connectivity index (χ2n) is 6.10. The van der Waals surface area contributed by atoms with Gasteiger partial charge in [0, 0.05) is 29.4 Å². The van der Waals surface area contributed by atoms with Gasteiger partial charge < -0.3 is 15.6 Å². The number of anilines is 2. The number of thiophene rings is 1. The second kappa shape index (κ2) is 6.85. The van der Waals surface area contributed by atoms with E-state index >= 15 is 0 Å². The minimum absolute atomic E-state index is 0.00217. The third-order valence-corrected chi connectivity index (χ3v) is 5.14. The van der Waals surface area contributed by atoms with Gasteiger partial charge in [0.05, 0.1) is 16.9 Å². The highest BCUT2D eigenvalue weighted by atomic mass is 32.1. The molecule has 0 spiro atoms. The highest BCUT2D eigenvalue weighted by Crippen LogP contribution is 2.43. The Balaban J connectivity index is 1.86. The number of nitrogen functional groups attached to an aromatic ring is 1. The van der Waals surface area contributed by atoms with Crippen molar-refractivity contribution in [3.63, 3.8) is 0 Å². The Hall–Kier alpha value is -3.47. The van der Waals surface area contributed by atoms with E-state index in [2.05, 4.69) is 20.4 Å². The van der Waals surface area contributed by atoms with Crippen molar-refractivity contribution in [2.75, 3.05) is 11.1 Å². The van der Waals surface area contributed by atoms with Gasteiger partial charge in [-0.25, -0.2) is 4.98 Å². The van der Waals surface area contributed by atoms with Gasteiger partial charge in [-0.15, -0.1) is 11.3 Å². The number of pyridine rings is 2. The summed E-state index contributed by atoms with van der Waals surface area (Å²) >= 11 is 0.770. The molecule has 0 aromatic carbocycles. The van der Waals surface area contributed by atoms with Crippen LogP contribution in [-0.2, 0) is 6.18 Å². The number of aryl methyl sites for hydroxylation is 1. The molecule has 0 unspecified atom stereocenters. The average Bonchev–Trinajstić information content (AvgIpc) is 3.24. The molecule has 0 bridgehead atoms. The van der Waals surface area contributed by atoms with Crippen molar-refractivity contribution in [3.05, 3.63) is 52.9 Å². The van der Waals surface area contributed by atoms with Crippen LogP contribution in [-0.4, -0.2) is 21.0 Å². The first-order valence-electron chi connectivity index (χ1n) is 8.19. The van der Waals surface area contributed by atoms with E-state index in [0.29, 0.717) is 11.3 Å². The Morgan fingerprint density at radius 1 is 1.31 bits per heavy atom. The standard InChI is InChI=1S/C18H12F3N5O2S/c1-8-5-12(26-28-8)25-16(27)15-14(22)13-10(18(19,20)21)6-11(24-17(13)29-15)9-3-2-4-23-7-9/h2-7H,22H2,1H3,(H,25,26,27). The van der Waals surface area contributed by atoms with Gasteiger partial charge in [-0.3, -0.25) is 9.78 Å². The maximum absolute atomic E-state index is 13.7. The first-order valence-corrected chi connectivity index (χ1v) is 9.01. The Morgan fingerprint density at radius 3 is 2.72 bits per heavy atom. The maximum Gasteiger partial charge on any atom is 0.417 e. The molecule has 4 aromatic heterocycles. The number of nitrogens with zero attached hydrogens (tertiary/aromatic N) is 3.